The van der Waals surface area contributed by atoms with Crippen LogP contribution in [0, 0.1) is 0 Å². The third-order valence-corrected chi connectivity index (χ3v) is 5.03. The number of hydrogen-bond acceptors (Lipinski definition) is 4. The van der Waals surface area contributed by atoms with E-state index in [0.717, 1.165) is 28.6 Å². The lowest BCUT2D eigenvalue weighted by atomic mass is 10.1. The Morgan fingerprint density at radius 2 is 1.77 bits per heavy atom. The number of carbonyl (C=O) groups excluding carboxylic acids is 1. The van der Waals surface area contributed by atoms with Crippen LogP contribution in [0.3, 0.4) is 0 Å². The number of nitrogen functional groups attached to an aromatic ring is 1. The van der Waals surface area contributed by atoms with Crippen molar-refractivity contribution in [2.45, 2.75) is 13.0 Å². The average Bonchev–Trinajstić information content (AvgIpc) is 3.12. The van der Waals surface area contributed by atoms with Gasteiger partial charge in [0, 0.05) is 24.5 Å². The van der Waals surface area contributed by atoms with E-state index in [-0.39, 0.29) is 5.91 Å². The van der Waals surface area contributed by atoms with Crippen molar-refractivity contribution < 1.29 is 9.53 Å². The third kappa shape index (κ3) is 4.18. The number of methoxy groups -OCH3 is 1. The first-order chi connectivity index (χ1) is 14.7. The van der Waals surface area contributed by atoms with E-state index in [1.54, 1.807) is 19.2 Å². The molecule has 30 heavy (non-hydrogen) atoms. The van der Waals surface area contributed by atoms with Crippen LogP contribution in [-0.4, -0.2) is 29.4 Å². The molecular weight excluding hydrogens is 376 g/mol. The SMILES string of the molecule is COCCc1nn(Cc2ccc(C(=O)Nc3ccccc3N)cc2)c2ccccc12. The standard InChI is InChI=1S/C24H24N4O2/c1-30-15-14-21-19-6-2-5-9-23(19)28(27-21)16-17-10-12-18(13-11-17)24(29)26-22-8-4-3-7-20(22)25/h2-13H,14-16,25H2,1H3,(H,26,29). The van der Waals surface area contributed by atoms with Gasteiger partial charge in [-0.25, -0.2) is 0 Å². The van der Waals surface area contributed by atoms with Crippen LogP contribution >= 0.6 is 0 Å². The molecule has 4 aromatic rings. The average molecular weight is 400 g/mol. The highest BCUT2D eigenvalue weighted by Crippen LogP contribution is 2.21. The van der Waals surface area contributed by atoms with Gasteiger partial charge in [-0.2, -0.15) is 5.10 Å². The minimum Gasteiger partial charge on any atom is -0.397 e. The van der Waals surface area contributed by atoms with Gasteiger partial charge >= 0.3 is 0 Å². The molecule has 0 aliphatic rings. The van der Waals surface area contributed by atoms with Crippen LogP contribution < -0.4 is 11.1 Å². The third-order valence-electron chi connectivity index (χ3n) is 5.03. The molecular formula is C24H24N4O2. The van der Waals surface area contributed by atoms with E-state index in [9.17, 15) is 4.79 Å². The predicted molar refractivity (Wildman–Crippen MR) is 120 cm³/mol. The van der Waals surface area contributed by atoms with Crippen LogP contribution in [0.4, 0.5) is 11.4 Å². The number of ether oxygens (including phenoxy) is 1. The normalized spacial score (nSPS) is 11.0. The van der Waals surface area contributed by atoms with Gasteiger partial charge in [-0.05, 0) is 35.9 Å². The van der Waals surface area contributed by atoms with E-state index in [4.69, 9.17) is 15.6 Å². The zero-order chi connectivity index (χ0) is 20.9. The fraction of sp³-hybridized carbons (Fsp3) is 0.167. The zero-order valence-electron chi connectivity index (χ0n) is 16.8. The Morgan fingerprint density at radius 1 is 1.03 bits per heavy atom. The van der Waals surface area contributed by atoms with Gasteiger partial charge < -0.3 is 15.8 Å². The monoisotopic (exact) mass is 400 g/mol. The van der Waals surface area contributed by atoms with Gasteiger partial charge in [0.15, 0.2) is 0 Å². The van der Waals surface area contributed by atoms with Crippen LogP contribution in [0.15, 0.2) is 72.8 Å². The Labute approximate surface area is 175 Å². The number of para-hydroxylation sites is 3. The number of fused-ring (bicyclic) bond motifs is 1. The Bertz CT molecular complexity index is 1170. The highest BCUT2D eigenvalue weighted by Gasteiger charge is 2.11. The van der Waals surface area contributed by atoms with Crippen molar-refractivity contribution in [3.8, 4) is 0 Å². The smallest absolute Gasteiger partial charge is 0.255 e. The molecule has 1 amide bonds. The molecule has 0 fully saturated rings. The van der Waals surface area contributed by atoms with E-state index in [1.807, 2.05) is 53.2 Å². The van der Waals surface area contributed by atoms with Gasteiger partial charge in [0.2, 0.25) is 0 Å². The van der Waals surface area contributed by atoms with Crippen molar-refractivity contribution in [3.05, 3.63) is 89.6 Å². The number of anilines is 2. The molecule has 6 nitrogen and oxygen atoms in total. The van der Waals surface area contributed by atoms with E-state index in [0.29, 0.717) is 30.1 Å². The summed E-state index contributed by atoms with van der Waals surface area (Å²) in [5, 5.41) is 8.78. The Hall–Kier alpha value is -3.64. The molecule has 0 bridgehead atoms. The Kier molecular flexibility index (Phi) is 5.77. The van der Waals surface area contributed by atoms with Gasteiger partial charge in [0.25, 0.3) is 5.91 Å². The van der Waals surface area contributed by atoms with Gasteiger partial charge in [0.05, 0.1) is 35.7 Å². The first kappa shape index (κ1) is 19.7. The molecule has 0 radical (unpaired) electrons. The molecule has 0 unspecified atom stereocenters. The molecule has 0 saturated heterocycles. The second-order valence-electron chi connectivity index (χ2n) is 7.10. The van der Waals surface area contributed by atoms with Crippen LogP contribution in [0.25, 0.3) is 10.9 Å². The van der Waals surface area contributed by atoms with E-state index >= 15 is 0 Å². The van der Waals surface area contributed by atoms with Gasteiger partial charge in [-0.3, -0.25) is 9.48 Å². The van der Waals surface area contributed by atoms with Gasteiger partial charge in [-0.15, -0.1) is 0 Å². The molecule has 3 N–H and O–H groups in total. The van der Waals surface area contributed by atoms with E-state index in [2.05, 4.69) is 17.4 Å². The lowest BCUT2D eigenvalue weighted by Gasteiger charge is -2.09. The quantitative estimate of drug-likeness (QED) is 0.458. The molecule has 0 saturated carbocycles. The Morgan fingerprint density at radius 3 is 2.53 bits per heavy atom. The maximum Gasteiger partial charge on any atom is 0.255 e. The molecule has 4 rings (SSSR count). The number of amides is 1. The molecule has 0 spiro atoms. The van der Waals surface area contributed by atoms with Crippen LogP contribution in [0.5, 0.6) is 0 Å². The van der Waals surface area contributed by atoms with Crippen molar-refractivity contribution in [3.63, 3.8) is 0 Å². The van der Waals surface area contributed by atoms with Gasteiger partial charge in [0.1, 0.15) is 0 Å². The Balaban J connectivity index is 1.51. The first-order valence-corrected chi connectivity index (χ1v) is 9.84. The maximum atomic E-state index is 12.5. The van der Waals surface area contributed by atoms with E-state index in [1.165, 1.54) is 0 Å². The number of rotatable bonds is 7. The highest BCUT2D eigenvalue weighted by atomic mass is 16.5. The summed E-state index contributed by atoms with van der Waals surface area (Å²) in [7, 11) is 1.70. The second kappa shape index (κ2) is 8.80. The molecule has 6 heteroatoms. The lowest BCUT2D eigenvalue weighted by Crippen LogP contribution is -2.13. The molecule has 152 valence electrons. The molecule has 0 aliphatic heterocycles. The number of carbonyl (C=O) groups is 1. The minimum atomic E-state index is -0.189. The van der Waals surface area contributed by atoms with Crippen molar-refractivity contribution in [1.29, 1.82) is 0 Å². The lowest BCUT2D eigenvalue weighted by molar-refractivity contribution is 0.102. The summed E-state index contributed by atoms with van der Waals surface area (Å²) < 4.78 is 7.21. The first-order valence-electron chi connectivity index (χ1n) is 9.84. The number of benzene rings is 3. The fourth-order valence-electron chi connectivity index (χ4n) is 3.44. The summed E-state index contributed by atoms with van der Waals surface area (Å²) in [5.41, 5.74) is 10.8. The molecule has 0 atom stereocenters. The van der Waals surface area contributed by atoms with Crippen LogP contribution in [0.2, 0.25) is 0 Å². The van der Waals surface area contributed by atoms with Crippen LogP contribution in [-0.2, 0) is 17.7 Å². The summed E-state index contributed by atoms with van der Waals surface area (Å²) in [6.45, 7) is 1.26. The van der Waals surface area contributed by atoms with Gasteiger partial charge in [-0.1, -0.05) is 42.5 Å². The summed E-state index contributed by atoms with van der Waals surface area (Å²) in [6.07, 6.45) is 0.770. The maximum absolute atomic E-state index is 12.5. The zero-order valence-corrected chi connectivity index (χ0v) is 16.8. The molecule has 1 heterocycles. The van der Waals surface area contributed by atoms with Crippen molar-refractivity contribution in [2.75, 3.05) is 24.8 Å². The van der Waals surface area contributed by atoms with Crippen LogP contribution in [0.1, 0.15) is 21.6 Å². The minimum absolute atomic E-state index is 0.189. The number of aromatic nitrogens is 2. The second-order valence-corrected chi connectivity index (χ2v) is 7.10. The number of hydrogen-bond donors (Lipinski definition) is 2. The van der Waals surface area contributed by atoms with Crippen molar-refractivity contribution >= 4 is 28.2 Å². The molecule has 0 aliphatic carbocycles. The van der Waals surface area contributed by atoms with Crippen molar-refractivity contribution in [2.24, 2.45) is 0 Å². The summed E-state index contributed by atoms with van der Waals surface area (Å²) in [4.78, 5) is 12.5. The number of nitrogens with two attached hydrogens (primary N) is 1. The predicted octanol–water partition coefficient (Wildman–Crippen LogP) is 4.11. The van der Waals surface area contributed by atoms with E-state index < -0.39 is 0 Å². The molecule has 1 aromatic heterocycles. The number of nitrogens with one attached hydrogen (secondary N) is 1. The summed E-state index contributed by atoms with van der Waals surface area (Å²) >= 11 is 0. The van der Waals surface area contributed by atoms with Crippen molar-refractivity contribution in [1.82, 2.24) is 9.78 Å². The largest absolute Gasteiger partial charge is 0.397 e. The topological polar surface area (TPSA) is 82.2 Å². The summed E-state index contributed by atoms with van der Waals surface area (Å²) in [5.74, 6) is -0.189. The molecule has 3 aromatic carbocycles. The fourth-order valence-corrected chi connectivity index (χ4v) is 3.44. The summed E-state index contributed by atoms with van der Waals surface area (Å²) in [6, 6.07) is 23.0. The number of nitrogens with zero attached hydrogens (tertiary/aromatic N) is 2. The highest BCUT2D eigenvalue weighted by molar-refractivity contribution is 6.05.